The number of ether oxygens (including phenoxy) is 2. The van der Waals surface area contributed by atoms with Gasteiger partial charge in [-0.1, -0.05) is 53.8 Å². The Morgan fingerprint density at radius 1 is 0.969 bits per heavy atom. The lowest BCUT2D eigenvalue weighted by molar-refractivity contribution is 0.103. The highest BCUT2D eigenvalue weighted by molar-refractivity contribution is 7.23. The molecular formula is C23H24N4O4S. The van der Waals surface area contributed by atoms with Crippen molar-refractivity contribution in [3.63, 3.8) is 0 Å². The van der Waals surface area contributed by atoms with Crippen molar-refractivity contribution in [2.75, 3.05) is 5.01 Å². The number of fused-ring (bicyclic) bond motifs is 3. The maximum Gasteiger partial charge on any atom is 0.435 e. The Hall–Kier alpha value is -3.59. The first-order valence-corrected chi connectivity index (χ1v) is 11.1. The monoisotopic (exact) mass is 452 g/mol. The van der Waals surface area contributed by atoms with Crippen LogP contribution in [0.4, 0.5) is 15.4 Å². The number of carbonyl (C=O) groups is 2. The van der Waals surface area contributed by atoms with E-state index >= 15 is 0 Å². The van der Waals surface area contributed by atoms with E-state index < -0.39 is 18.3 Å². The number of carbonyl (C=O) groups excluding carboxylic acids is 2. The van der Waals surface area contributed by atoms with Gasteiger partial charge in [0.2, 0.25) is 0 Å². The largest absolute Gasteiger partial charge is 0.446 e. The number of para-hydroxylation sites is 1. The summed E-state index contributed by atoms with van der Waals surface area (Å²) in [5.74, 6) is 0.370. The molecule has 1 N–H and O–H groups in total. The van der Waals surface area contributed by atoms with Crippen molar-refractivity contribution in [3.8, 4) is 11.3 Å². The molecule has 9 heteroatoms. The van der Waals surface area contributed by atoms with Gasteiger partial charge in [-0.25, -0.2) is 20.0 Å². The molecule has 0 saturated carbocycles. The molecule has 0 bridgehead atoms. The summed E-state index contributed by atoms with van der Waals surface area (Å²) in [7, 11) is 0. The first kappa shape index (κ1) is 21.6. The minimum Gasteiger partial charge on any atom is -0.446 e. The molecule has 2 aromatic carbocycles. The Balaban J connectivity index is 1.95. The molecule has 0 fully saturated rings. The SMILES string of the molecule is CC(C)OC(=O)NN(C(=O)OC(C)C)c1c(-c2ccccc2)nc2sc3ccccc3n12. The number of benzene rings is 2. The highest BCUT2D eigenvalue weighted by Crippen LogP contribution is 2.37. The zero-order valence-electron chi connectivity index (χ0n) is 18.2. The number of aromatic nitrogens is 2. The van der Waals surface area contributed by atoms with Gasteiger partial charge in [-0.15, -0.1) is 0 Å². The normalized spacial score (nSPS) is 11.3. The van der Waals surface area contributed by atoms with Gasteiger partial charge in [0.15, 0.2) is 10.8 Å². The second-order valence-electron chi connectivity index (χ2n) is 7.67. The van der Waals surface area contributed by atoms with Crippen molar-refractivity contribution in [1.29, 1.82) is 0 Å². The molecule has 0 radical (unpaired) electrons. The van der Waals surface area contributed by atoms with Crippen LogP contribution in [0.2, 0.25) is 0 Å². The fourth-order valence-corrected chi connectivity index (χ4v) is 4.29. The number of rotatable bonds is 4. The van der Waals surface area contributed by atoms with Crippen LogP contribution in [0.1, 0.15) is 27.7 Å². The van der Waals surface area contributed by atoms with Crippen molar-refractivity contribution in [1.82, 2.24) is 14.8 Å². The number of amides is 2. The van der Waals surface area contributed by atoms with Crippen LogP contribution in [0, 0.1) is 0 Å². The Morgan fingerprint density at radius 2 is 1.62 bits per heavy atom. The number of hydrogen-bond acceptors (Lipinski definition) is 6. The lowest BCUT2D eigenvalue weighted by Crippen LogP contribution is -2.48. The van der Waals surface area contributed by atoms with Crippen molar-refractivity contribution in [2.45, 2.75) is 39.9 Å². The summed E-state index contributed by atoms with van der Waals surface area (Å²) in [6, 6.07) is 17.3. The molecule has 2 aromatic heterocycles. The first-order chi connectivity index (χ1) is 15.3. The Morgan fingerprint density at radius 3 is 2.31 bits per heavy atom. The van der Waals surface area contributed by atoms with E-state index in [1.54, 1.807) is 27.7 Å². The standard InChI is InChI=1S/C23H24N4O4S/c1-14(2)30-22(28)25-27(23(29)31-15(3)4)20-19(16-10-6-5-7-11-16)24-21-26(20)17-12-8-9-13-18(17)32-21/h5-15H,1-4H3,(H,25,28). The molecule has 0 aliphatic carbocycles. The third kappa shape index (κ3) is 4.24. The smallest absolute Gasteiger partial charge is 0.435 e. The van der Waals surface area contributed by atoms with E-state index in [2.05, 4.69) is 5.43 Å². The molecule has 2 heterocycles. The van der Waals surface area contributed by atoms with Gasteiger partial charge in [0, 0.05) is 5.56 Å². The number of anilines is 1. The Kier molecular flexibility index (Phi) is 6.00. The summed E-state index contributed by atoms with van der Waals surface area (Å²) in [5, 5.41) is 1.08. The quantitative estimate of drug-likeness (QED) is 0.406. The van der Waals surface area contributed by atoms with Crippen LogP contribution in [0.15, 0.2) is 54.6 Å². The highest BCUT2D eigenvalue weighted by atomic mass is 32.1. The minimum absolute atomic E-state index is 0.362. The Labute approximate surface area is 189 Å². The lowest BCUT2D eigenvalue weighted by Gasteiger charge is -2.24. The molecule has 4 aromatic rings. The molecule has 8 nitrogen and oxygen atoms in total. The maximum absolute atomic E-state index is 13.2. The topological polar surface area (TPSA) is 85.2 Å². The van der Waals surface area contributed by atoms with Crippen molar-refractivity contribution in [3.05, 3.63) is 54.6 Å². The van der Waals surface area contributed by atoms with E-state index in [4.69, 9.17) is 14.5 Å². The zero-order chi connectivity index (χ0) is 22.8. The summed E-state index contributed by atoms with van der Waals surface area (Å²) < 4.78 is 13.5. The van der Waals surface area contributed by atoms with E-state index in [1.165, 1.54) is 11.3 Å². The van der Waals surface area contributed by atoms with Crippen LogP contribution >= 0.6 is 11.3 Å². The van der Waals surface area contributed by atoms with Gasteiger partial charge in [0.05, 0.1) is 22.4 Å². The van der Waals surface area contributed by atoms with E-state index in [0.717, 1.165) is 20.8 Å². The van der Waals surface area contributed by atoms with E-state index in [-0.39, 0.29) is 6.10 Å². The Bertz CT molecular complexity index is 1260. The number of hydrogen-bond donors (Lipinski definition) is 1. The van der Waals surface area contributed by atoms with Crippen LogP contribution in [-0.2, 0) is 9.47 Å². The van der Waals surface area contributed by atoms with E-state index in [1.807, 2.05) is 59.0 Å². The summed E-state index contributed by atoms with van der Waals surface area (Å²) in [6.07, 6.45) is -2.26. The zero-order valence-corrected chi connectivity index (χ0v) is 19.1. The summed E-state index contributed by atoms with van der Waals surface area (Å²) >= 11 is 1.49. The van der Waals surface area contributed by atoms with Crippen LogP contribution in [0.25, 0.3) is 26.4 Å². The number of thiazole rings is 1. The average molecular weight is 453 g/mol. The van der Waals surface area contributed by atoms with Gasteiger partial charge in [0.1, 0.15) is 5.69 Å². The van der Waals surface area contributed by atoms with Gasteiger partial charge in [-0.3, -0.25) is 4.40 Å². The van der Waals surface area contributed by atoms with Gasteiger partial charge >= 0.3 is 12.2 Å². The van der Waals surface area contributed by atoms with Gasteiger partial charge in [-0.05, 0) is 39.8 Å². The molecule has 2 amide bonds. The molecule has 0 aliphatic heterocycles. The summed E-state index contributed by atoms with van der Waals surface area (Å²) in [5.41, 5.74) is 4.74. The predicted octanol–water partition coefficient (Wildman–Crippen LogP) is 5.62. The van der Waals surface area contributed by atoms with Crippen LogP contribution in [-0.4, -0.2) is 33.8 Å². The molecular weight excluding hydrogens is 428 g/mol. The average Bonchev–Trinajstić information content (AvgIpc) is 3.28. The molecule has 0 spiro atoms. The lowest BCUT2D eigenvalue weighted by atomic mass is 10.1. The minimum atomic E-state index is -0.769. The number of imidazole rings is 1. The number of hydrazine groups is 1. The van der Waals surface area contributed by atoms with Crippen molar-refractivity contribution < 1.29 is 19.1 Å². The second-order valence-corrected chi connectivity index (χ2v) is 8.68. The maximum atomic E-state index is 13.2. The number of nitrogens with one attached hydrogen (secondary N) is 1. The van der Waals surface area contributed by atoms with Crippen LogP contribution in [0.5, 0.6) is 0 Å². The van der Waals surface area contributed by atoms with Crippen molar-refractivity contribution in [2.24, 2.45) is 0 Å². The van der Waals surface area contributed by atoms with Gasteiger partial charge < -0.3 is 9.47 Å². The van der Waals surface area contributed by atoms with Gasteiger partial charge in [0.25, 0.3) is 0 Å². The fourth-order valence-electron chi connectivity index (χ4n) is 3.27. The number of nitrogens with zero attached hydrogens (tertiary/aromatic N) is 3. The third-order valence-electron chi connectivity index (χ3n) is 4.45. The molecule has 0 atom stereocenters. The molecule has 32 heavy (non-hydrogen) atoms. The van der Waals surface area contributed by atoms with E-state index in [9.17, 15) is 9.59 Å². The van der Waals surface area contributed by atoms with Crippen LogP contribution < -0.4 is 10.4 Å². The van der Waals surface area contributed by atoms with Gasteiger partial charge in [-0.2, -0.15) is 5.01 Å². The second kappa shape index (κ2) is 8.88. The molecule has 166 valence electrons. The van der Waals surface area contributed by atoms with Crippen LogP contribution in [0.3, 0.4) is 0 Å². The summed E-state index contributed by atoms with van der Waals surface area (Å²) in [4.78, 5) is 31.2. The van der Waals surface area contributed by atoms with E-state index in [0.29, 0.717) is 16.5 Å². The predicted molar refractivity (Wildman–Crippen MR) is 125 cm³/mol. The third-order valence-corrected chi connectivity index (χ3v) is 5.48. The highest BCUT2D eigenvalue weighted by Gasteiger charge is 2.31. The molecule has 0 aliphatic rings. The summed E-state index contributed by atoms with van der Waals surface area (Å²) in [6.45, 7) is 6.95. The fraction of sp³-hybridized carbons (Fsp3) is 0.261. The molecule has 0 unspecified atom stereocenters. The molecule has 0 saturated heterocycles. The molecule has 4 rings (SSSR count). The first-order valence-electron chi connectivity index (χ1n) is 10.3. The van der Waals surface area contributed by atoms with Crippen molar-refractivity contribution >= 4 is 44.5 Å².